The fourth-order valence-electron chi connectivity index (χ4n) is 4.46. The van der Waals surface area contributed by atoms with E-state index in [9.17, 15) is 21.6 Å². The first kappa shape index (κ1) is 28.0. The number of alkyl halides is 3. The molecule has 0 atom stereocenters. The summed E-state index contributed by atoms with van der Waals surface area (Å²) in [7, 11) is -0.392. The zero-order chi connectivity index (χ0) is 28.8. The summed E-state index contributed by atoms with van der Waals surface area (Å²) in [6.45, 7) is 1.20. The molecule has 0 radical (unpaired) electrons. The fraction of sp³-hybridized carbons (Fsp3) is 0.280. The Bertz CT molecular complexity index is 1720. The van der Waals surface area contributed by atoms with Gasteiger partial charge in [-0.1, -0.05) is 0 Å². The number of hydrogen-bond acceptors (Lipinski definition) is 9. The third-order valence-electron chi connectivity index (χ3n) is 6.52. The van der Waals surface area contributed by atoms with Gasteiger partial charge in [0.15, 0.2) is 0 Å². The van der Waals surface area contributed by atoms with Crippen LogP contribution in [-0.2, 0) is 29.2 Å². The number of anilines is 5. The summed E-state index contributed by atoms with van der Waals surface area (Å²) in [5.74, 6) is 0.106. The van der Waals surface area contributed by atoms with E-state index in [-0.39, 0.29) is 23.1 Å². The third-order valence-corrected chi connectivity index (χ3v) is 8.28. The first-order valence-corrected chi connectivity index (χ1v) is 14.6. The average molecular weight is 637 g/mol. The standard InChI is InChI=1S/C25H24BrF3N8O2S/c1-36-9-6-14-10-16(25(27,28)29)20(11-15(14)13-36)34-24-32-12-17(26)23(35-24)33-19-5-4-18-21(31-8-7-30-18)22(19)37(2)40(3,38)39/h4-5,7-8,10-12H,6,9,13H2,1-3H3,(H2,32,33,34,35). The molecule has 15 heteroatoms. The minimum Gasteiger partial charge on any atom is -0.337 e. The number of nitrogens with one attached hydrogen (secondary N) is 2. The highest BCUT2D eigenvalue weighted by molar-refractivity contribution is 9.10. The van der Waals surface area contributed by atoms with Gasteiger partial charge in [-0.2, -0.15) is 18.2 Å². The van der Waals surface area contributed by atoms with Crippen LogP contribution < -0.4 is 14.9 Å². The molecule has 10 nitrogen and oxygen atoms in total. The summed E-state index contributed by atoms with van der Waals surface area (Å²) >= 11 is 3.37. The Hall–Kier alpha value is -3.56. The predicted octanol–water partition coefficient (Wildman–Crippen LogP) is 5.07. The zero-order valence-electron chi connectivity index (χ0n) is 21.6. The Morgan fingerprint density at radius 1 is 1.05 bits per heavy atom. The molecule has 40 heavy (non-hydrogen) atoms. The molecule has 1 aliphatic rings. The maximum absolute atomic E-state index is 14.0. The number of sulfonamides is 1. The highest BCUT2D eigenvalue weighted by atomic mass is 79.9. The summed E-state index contributed by atoms with van der Waals surface area (Å²) in [5.41, 5.74) is 1.86. The molecule has 3 heterocycles. The highest BCUT2D eigenvalue weighted by Gasteiger charge is 2.35. The smallest absolute Gasteiger partial charge is 0.337 e. The topological polar surface area (TPSA) is 116 Å². The molecule has 0 saturated heterocycles. The molecule has 0 spiro atoms. The summed E-state index contributed by atoms with van der Waals surface area (Å²) in [5, 5.41) is 5.81. The number of halogens is 4. The van der Waals surface area contributed by atoms with Crippen LogP contribution in [-0.4, -0.2) is 60.1 Å². The van der Waals surface area contributed by atoms with Crippen molar-refractivity contribution in [3.05, 3.63) is 64.0 Å². The molecule has 2 N–H and O–H groups in total. The zero-order valence-corrected chi connectivity index (χ0v) is 24.0. The second-order valence-electron chi connectivity index (χ2n) is 9.41. The molecule has 0 unspecified atom stereocenters. The minimum absolute atomic E-state index is 0.0843. The van der Waals surface area contributed by atoms with Gasteiger partial charge in [-0.3, -0.25) is 14.3 Å². The molecule has 0 bridgehead atoms. The minimum atomic E-state index is -4.59. The van der Waals surface area contributed by atoms with Crippen LogP contribution in [0.5, 0.6) is 0 Å². The van der Waals surface area contributed by atoms with Crippen LogP contribution >= 0.6 is 15.9 Å². The van der Waals surface area contributed by atoms with Gasteiger partial charge in [-0.15, -0.1) is 0 Å². The molecular weight excluding hydrogens is 613 g/mol. The van der Waals surface area contributed by atoms with E-state index in [0.29, 0.717) is 46.3 Å². The van der Waals surface area contributed by atoms with Gasteiger partial charge < -0.3 is 15.5 Å². The Kier molecular flexibility index (Phi) is 7.31. The van der Waals surface area contributed by atoms with Gasteiger partial charge in [0.05, 0.1) is 33.2 Å². The summed E-state index contributed by atoms with van der Waals surface area (Å²) < 4.78 is 68.4. The molecule has 0 aliphatic carbocycles. The first-order valence-electron chi connectivity index (χ1n) is 12.0. The number of benzene rings is 2. The first-order chi connectivity index (χ1) is 18.8. The van der Waals surface area contributed by atoms with Crippen LogP contribution in [0.15, 0.2) is 47.3 Å². The number of fused-ring (bicyclic) bond motifs is 2. The number of hydrogen-bond donors (Lipinski definition) is 2. The monoisotopic (exact) mass is 636 g/mol. The fourth-order valence-corrected chi connectivity index (χ4v) is 5.27. The molecule has 4 aromatic rings. The predicted molar refractivity (Wildman–Crippen MR) is 151 cm³/mol. The molecule has 5 rings (SSSR count). The molecule has 210 valence electrons. The van der Waals surface area contributed by atoms with E-state index in [0.717, 1.165) is 16.1 Å². The second-order valence-corrected chi connectivity index (χ2v) is 12.3. The van der Waals surface area contributed by atoms with Gasteiger partial charge in [-0.05, 0) is 64.8 Å². The van der Waals surface area contributed by atoms with E-state index in [1.54, 1.807) is 12.1 Å². The SMILES string of the molecule is CN1CCc2cc(C(F)(F)F)c(Nc3ncc(Br)c(Nc4ccc5nccnc5c4N(C)S(C)(=O)=O)n3)cc2C1. The van der Waals surface area contributed by atoms with Crippen LogP contribution in [0.3, 0.4) is 0 Å². The largest absolute Gasteiger partial charge is 0.418 e. The summed E-state index contributed by atoms with van der Waals surface area (Å²) in [6, 6.07) is 5.97. The van der Waals surface area contributed by atoms with Crippen molar-refractivity contribution in [1.82, 2.24) is 24.8 Å². The van der Waals surface area contributed by atoms with Gasteiger partial charge in [0.1, 0.15) is 17.0 Å². The van der Waals surface area contributed by atoms with E-state index in [1.165, 1.54) is 37.8 Å². The van der Waals surface area contributed by atoms with Crippen LogP contribution in [0.1, 0.15) is 16.7 Å². The molecule has 1 aliphatic heterocycles. The lowest BCUT2D eigenvalue weighted by atomic mass is 9.96. The number of aromatic nitrogens is 4. The van der Waals surface area contributed by atoms with Crippen molar-refractivity contribution in [2.24, 2.45) is 0 Å². The molecule has 0 amide bonds. The van der Waals surface area contributed by atoms with Gasteiger partial charge >= 0.3 is 6.18 Å². The van der Waals surface area contributed by atoms with E-state index in [2.05, 4.69) is 46.5 Å². The summed E-state index contributed by atoms with van der Waals surface area (Å²) in [6.07, 6.45) is 1.32. The maximum atomic E-state index is 14.0. The van der Waals surface area contributed by atoms with Crippen molar-refractivity contribution in [3.63, 3.8) is 0 Å². The van der Waals surface area contributed by atoms with Crippen molar-refractivity contribution >= 4 is 65.8 Å². The Morgan fingerprint density at radius 2 is 1.80 bits per heavy atom. The van der Waals surface area contributed by atoms with Crippen molar-refractivity contribution in [3.8, 4) is 0 Å². The maximum Gasteiger partial charge on any atom is 0.418 e. The molecular formula is C25H24BrF3N8O2S. The Balaban J connectivity index is 1.55. The van der Waals surface area contributed by atoms with Crippen molar-refractivity contribution in [1.29, 1.82) is 0 Å². The molecule has 2 aromatic carbocycles. The van der Waals surface area contributed by atoms with Gasteiger partial charge in [-0.25, -0.2) is 13.4 Å². The molecule has 0 saturated carbocycles. The van der Waals surface area contributed by atoms with Gasteiger partial charge in [0.2, 0.25) is 16.0 Å². The second kappa shape index (κ2) is 10.4. The van der Waals surface area contributed by atoms with E-state index in [4.69, 9.17) is 0 Å². The lowest BCUT2D eigenvalue weighted by molar-refractivity contribution is -0.137. The molecule has 2 aromatic heterocycles. The van der Waals surface area contributed by atoms with E-state index in [1.807, 2.05) is 11.9 Å². The van der Waals surface area contributed by atoms with E-state index < -0.39 is 21.8 Å². The average Bonchev–Trinajstić information content (AvgIpc) is 2.88. The van der Waals surface area contributed by atoms with Crippen LogP contribution in [0.25, 0.3) is 11.0 Å². The lowest BCUT2D eigenvalue weighted by Gasteiger charge is -2.27. The number of nitrogens with zero attached hydrogens (tertiary/aromatic N) is 6. The van der Waals surface area contributed by atoms with Gasteiger partial charge in [0.25, 0.3) is 0 Å². The quantitative estimate of drug-likeness (QED) is 0.299. The Labute approximate surface area is 236 Å². The Morgan fingerprint density at radius 3 is 2.52 bits per heavy atom. The van der Waals surface area contributed by atoms with Crippen molar-refractivity contribution in [2.45, 2.75) is 19.1 Å². The van der Waals surface area contributed by atoms with Gasteiger partial charge in [0, 0.05) is 38.7 Å². The van der Waals surface area contributed by atoms with E-state index >= 15 is 0 Å². The summed E-state index contributed by atoms with van der Waals surface area (Å²) in [4.78, 5) is 19.1. The molecule has 0 fully saturated rings. The van der Waals surface area contributed by atoms with Crippen molar-refractivity contribution in [2.75, 3.05) is 41.8 Å². The number of rotatable bonds is 6. The van der Waals surface area contributed by atoms with Crippen LogP contribution in [0.2, 0.25) is 0 Å². The normalized spacial score (nSPS) is 14.2. The van der Waals surface area contributed by atoms with Crippen molar-refractivity contribution < 1.29 is 21.6 Å². The van der Waals surface area contributed by atoms with Crippen LogP contribution in [0.4, 0.5) is 42.0 Å². The lowest BCUT2D eigenvalue weighted by Crippen LogP contribution is -2.27. The van der Waals surface area contributed by atoms with Crippen LogP contribution in [0, 0.1) is 0 Å². The third kappa shape index (κ3) is 5.67. The highest BCUT2D eigenvalue weighted by Crippen LogP contribution is 2.40. The number of likely N-dealkylation sites (N-methyl/N-ethyl adjacent to an activating group) is 1.